The molecule has 0 aliphatic rings. The van der Waals surface area contributed by atoms with Crippen LogP contribution in [0.5, 0.6) is 0 Å². The first-order chi connectivity index (χ1) is 7.20. The zero-order valence-corrected chi connectivity index (χ0v) is 9.70. The topological polar surface area (TPSA) is 12.9 Å². The molecule has 0 aliphatic heterocycles. The van der Waals surface area contributed by atoms with Gasteiger partial charge >= 0.3 is 0 Å². The summed E-state index contributed by atoms with van der Waals surface area (Å²) in [5.41, 5.74) is 1.72. The summed E-state index contributed by atoms with van der Waals surface area (Å²) < 4.78 is 12.9. The Morgan fingerprint density at radius 2 is 2.27 bits per heavy atom. The highest BCUT2D eigenvalue weighted by Gasteiger charge is 2.06. The predicted octanol–water partition coefficient (Wildman–Crippen LogP) is 4.17. The van der Waals surface area contributed by atoms with Crippen molar-refractivity contribution in [2.24, 2.45) is 0 Å². The number of benzene rings is 1. The number of halogens is 2. The standard InChI is InChI=1S/C11H9ClFNS/c1-2-11-14-10(6-15-11)7-3-4-9(13)8(12)5-7/h3-6H,2H2,1H3. The summed E-state index contributed by atoms with van der Waals surface area (Å²) >= 11 is 7.31. The summed E-state index contributed by atoms with van der Waals surface area (Å²) in [7, 11) is 0. The van der Waals surface area contributed by atoms with Crippen LogP contribution in [0, 0.1) is 5.82 Å². The quantitative estimate of drug-likeness (QED) is 0.769. The van der Waals surface area contributed by atoms with Gasteiger partial charge in [-0.15, -0.1) is 11.3 Å². The Kier molecular flexibility index (Phi) is 3.03. The second-order valence-corrected chi connectivity index (χ2v) is 4.46. The molecular formula is C11H9ClFNS. The molecule has 2 aromatic rings. The van der Waals surface area contributed by atoms with Gasteiger partial charge in [0, 0.05) is 10.9 Å². The van der Waals surface area contributed by atoms with E-state index >= 15 is 0 Å². The second-order valence-electron chi connectivity index (χ2n) is 3.11. The third-order valence-electron chi connectivity index (χ3n) is 2.07. The van der Waals surface area contributed by atoms with Crippen LogP contribution in [0.2, 0.25) is 5.02 Å². The van der Waals surface area contributed by atoms with Crippen molar-refractivity contribution in [1.29, 1.82) is 0 Å². The maximum absolute atomic E-state index is 12.9. The van der Waals surface area contributed by atoms with Crippen LogP contribution in [-0.4, -0.2) is 4.98 Å². The predicted molar refractivity (Wildman–Crippen MR) is 61.9 cm³/mol. The number of aromatic nitrogens is 1. The number of rotatable bonds is 2. The lowest BCUT2D eigenvalue weighted by Gasteiger charge is -1.98. The third kappa shape index (κ3) is 2.19. The number of hydrogen-bond donors (Lipinski definition) is 0. The normalized spacial score (nSPS) is 10.6. The van der Waals surface area contributed by atoms with Gasteiger partial charge in [-0.1, -0.05) is 18.5 Å². The zero-order valence-electron chi connectivity index (χ0n) is 8.13. The van der Waals surface area contributed by atoms with E-state index in [1.54, 1.807) is 23.5 Å². The average molecular weight is 242 g/mol. The third-order valence-corrected chi connectivity index (χ3v) is 3.35. The Morgan fingerprint density at radius 1 is 1.47 bits per heavy atom. The molecule has 0 bridgehead atoms. The number of aryl methyl sites for hydroxylation is 1. The van der Waals surface area contributed by atoms with Gasteiger partial charge in [0.15, 0.2) is 0 Å². The molecule has 78 valence electrons. The molecule has 0 aliphatic carbocycles. The van der Waals surface area contributed by atoms with E-state index in [4.69, 9.17) is 11.6 Å². The second kappa shape index (κ2) is 4.29. The number of hydrogen-bond acceptors (Lipinski definition) is 2. The molecule has 0 saturated heterocycles. The van der Waals surface area contributed by atoms with E-state index in [0.717, 1.165) is 22.7 Å². The lowest BCUT2D eigenvalue weighted by Crippen LogP contribution is -1.82. The molecule has 0 fully saturated rings. The maximum Gasteiger partial charge on any atom is 0.141 e. The fourth-order valence-electron chi connectivity index (χ4n) is 1.26. The van der Waals surface area contributed by atoms with Crippen LogP contribution < -0.4 is 0 Å². The lowest BCUT2D eigenvalue weighted by molar-refractivity contribution is 0.628. The summed E-state index contributed by atoms with van der Waals surface area (Å²) in [5, 5.41) is 3.17. The highest BCUT2D eigenvalue weighted by Crippen LogP contribution is 2.26. The fraction of sp³-hybridized carbons (Fsp3) is 0.182. The van der Waals surface area contributed by atoms with Crippen LogP contribution in [0.25, 0.3) is 11.3 Å². The van der Waals surface area contributed by atoms with Crippen molar-refractivity contribution >= 4 is 22.9 Å². The van der Waals surface area contributed by atoms with Gasteiger partial charge in [-0.05, 0) is 24.6 Å². The van der Waals surface area contributed by atoms with E-state index in [1.807, 2.05) is 5.38 Å². The van der Waals surface area contributed by atoms with Crippen LogP contribution >= 0.6 is 22.9 Å². The van der Waals surface area contributed by atoms with Gasteiger partial charge in [0.1, 0.15) is 5.82 Å². The zero-order chi connectivity index (χ0) is 10.8. The van der Waals surface area contributed by atoms with Crippen molar-refractivity contribution in [3.8, 4) is 11.3 Å². The lowest BCUT2D eigenvalue weighted by atomic mass is 10.2. The molecule has 1 nitrogen and oxygen atoms in total. The van der Waals surface area contributed by atoms with Crippen LogP contribution in [0.1, 0.15) is 11.9 Å². The van der Waals surface area contributed by atoms with Crippen molar-refractivity contribution in [2.45, 2.75) is 13.3 Å². The monoisotopic (exact) mass is 241 g/mol. The van der Waals surface area contributed by atoms with E-state index in [1.165, 1.54) is 6.07 Å². The first-order valence-electron chi connectivity index (χ1n) is 4.60. The maximum atomic E-state index is 12.9. The van der Waals surface area contributed by atoms with Gasteiger partial charge < -0.3 is 0 Å². The first kappa shape index (κ1) is 10.6. The Balaban J connectivity index is 2.40. The van der Waals surface area contributed by atoms with E-state index in [9.17, 15) is 4.39 Å². The van der Waals surface area contributed by atoms with E-state index < -0.39 is 5.82 Å². The number of thiazole rings is 1. The van der Waals surface area contributed by atoms with Crippen molar-refractivity contribution in [1.82, 2.24) is 4.98 Å². The summed E-state index contributed by atoms with van der Waals surface area (Å²) in [4.78, 5) is 4.41. The SMILES string of the molecule is CCc1nc(-c2ccc(F)c(Cl)c2)cs1. The van der Waals surface area contributed by atoms with E-state index in [2.05, 4.69) is 11.9 Å². The highest BCUT2D eigenvalue weighted by atomic mass is 35.5. The molecule has 1 aromatic carbocycles. The minimum Gasteiger partial charge on any atom is -0.241 e. The molecule has 2 rings (SSSR count). The van der Waals surface area contributed by atoms with Crippen molar-refractivity contribution < 1.29 is 4.39 Å². The highest BCUT2D eigenvalue weighted by molar-refractivity contribution is 7.09. The van der Waals surface area contributed by atoms with Gasteiger partial charge in [-0.3, -0.25) is 0 Å². The summed E-state index contributed by atoms with van der Waals surface area (Å²) in [5.74, 6) is -0.397. The van der Waals surface area contributed by atoms with E-state index in [-0.39, 0.29) is 5.02 Å². The first-order valence-corrected chi connectivity index (χ1v) is 5.86. The van der Waals surface area contributed by atoms with Crippen LogP contribution in [-0.2, 0) is 6.42 Å². The minimum absolute atomic E-state index is 0.138. The van der Waals surface area contributed by atoms with Crippen molar-refractivity contribution in [3.05, 3.63) is 39.4 Å². The Morgan fingerprint density at radius 3 is 2.87 bits per heavy atom. The number of nitrogens with zero attached hydrogens (tertiary/aromatic N) is 1. The molecule has 0 saturated carbocycles. The molecule has 15 heavy (non-hydrogen) atoms. The van der Waals surface area contributed by atoms with Gasteiger partial charge in [0.2, 0.25) is 0 Å². The Hall–Kier alpha value is -0.930. The molecule has 0 amide bonds. The Labute approximate surface area is 96.5 Å². The van der Waals surface area contributed by atoms with Gasteiger partial charge in [-0.25, -0.2) is 9.37 Å². The molecule has 0 radical (unpaired) electrons. The summed E-state index contributed by atoms with van der Waals surface area (Å²) in [6.45, 7) is 2.06. The fourth-order valence-corrected chi connectivity index (χ4v) is 2.20. The molecular weight excluding hydrogens is 233 g/mol. The summed E-state index contributed by atoms with van der Waals surface area (Å²) in [6, 6.07) is 4.66. The van der Waals surface area contributed by atoms with Crippen molar-refractivity contribution in [2.75, 3.05) is 0 Å². The molecule has 0 atom stereocenters. The molecule has 0 unspecified atom stereocenters. The van der Waals surface area contributed by atoms with Gasteiger partial charge in [0.25, 0.3) is 0 Å². The largest absolute Gasteiger partial charge is 0.241 e. The van der Waals surface area contributed by atoms with Crippen molar-refractivity contribution in [3.63, 3.8) is 0 Å². The minimum atomic E-state index is -0.397. The van der Waals surface area contributed by atoms with E-state index in [0.29, 0.717) is 0 Å². The van der Waals surface area contributed by atoms with Gasteiger partial charge in [-0.2, -0.15) is 0 Å². The smallest absolute Gasteiger partial charge is 0.141 e. The molecule has 0 N–H and O–H groups in total. The molecule has 1 heterocycles. The Bertz CT molecular complexity index is 481. The molecule has 0 spiro atoms. The molecule has 1 aromatic heterocycles. The van der Waals surface area contributed by atoms with Gasteiger partial charge in [0.05, 0.1) is 15.7 Å². The summed E-state index contributed by atoms with van der Waals surface area (Å²) in [6.07, 6.45) is 0.916. The van der Waals surface area contributed by atoms with Crippen LogP contribution in [0.3, 0.4) is 0 Å². The van der Waals surface area contributed by atoms with Crippen LogP contribution in [0.4, 0.5) is 4.39 Å². The molecule has 4 heteroatoms. The van der Waals surface area contributed by atoms with Crippen LogP contribution in [0.15, 0.2) is 23.6 Å². The average Bonchev–Trinajstić information content (AvgIpc) is 2.70.